The second kappa shape index (κ2) is 5.31. The highest BCUT2D eigenvalue weighted by molar-refractivity contribution is 5.74. The first kappa shape index (κ1) is 13.4. The summed E-state index contributed by atoms with van der Waals surface area (Å²) in [5, 5.41) is 18.5. The van der Waals surface area contributed by atoms with Gasteiger partial charge in [-0.25, -0.2) is 4.39 Å². The maximum Gasteiger partial charge on any atom is 0.320 e. The molecule has 0 saturated carbocycles. The summed E-state index contributed by atoms with van der Waals surface area (Å²) < 4.78 is 24.3. The number of hydrogen-bond acceptors (Lipinski definition) is 5. The monoisotopic (exact) mass is 271 g/mol. The van der Waals surface area contributed by atoms with Crippen LogP contribution in [0.15, 0.2) is 6.07 Å². The molecule has 0 amide bonds. The van der Waals surface area contributed by atoms with Crippen LogP contribution in [0.4, 0.5) is 4.39 Å². The van der Waals surface area contributed by atoms with Crippen molar-refractivity contribution in [3.63, 3.8) is 0 Å². The molecule has 1 unspecified atom stereocenters. The number of phenolic OH excluding ortho intramolecular Hbond substituents is 1. The molecule has 4 N–H and O–H groups in total. The third kappa shape index (κ3) is 2.70. The Bertz CT molecular complexity index is 505. The summed E-state index contributed by atoms with van der Waals surface area (Å²) in [5.74, 6) is -2.47. The molecule has 1 heterocycles. The third-order valence-corrected chi connectivity index (χ3v) is 2.80. The Kier molecular flexibility index (Phi) is 3.75. The lowest BCUT2D eigenvalue weighted by atomic mass is 10.0. The molecular formula is C12H14FNO5. The SMILES string of the molecule is NC(Cc1c(O)c(F)cc2c1OCCCO2)C(=O)O. The van der Waals surface area contributed by atoms with Crippen molar-refractivity contribution in [1.29, 1.82) is 0 Å². The second-order valence-electron chi connectivity index (χ2n) is 4.21. The predicted molar refractivity (Wildman–Crippen MR) is 63.0 cm³/mol. The number of hydrogen-bond donors (Lipinski definition) is 3. The summed E-state index contributed by atoms with van der Waals surface area (Å²) in [6.45, 7) is 0.703. The number of carboxylic acids is 1. The van der Waals surface area contributed by atoms with Gasteiger partial charge in [0, 0.05) is 24.5 Å². The molecule has 1 aromatic rings. The van der Waals surface area contributed by atoms with Crippen LogP contribution in [0.5, 0.6) is 17.2 Å². The number of nitrogens with two attached hydrogens (primary N) is 1. The number of aromatic hydroxyl groups is 1. The lowest BCUT2D eigenvalue weighted by Gasteiger charge is -2.16. The van der Waals surface area contributed by atoms with E-state index in [1.165, 1.54) is 0 Å². The lowest BCUT2D eigenvalue weighted by Crippen LogP contribution is -2.32. The molecule has 0 spiro atoms. The summed E-state index contributed by atoms with van der Waals surface area (Å²) in [6.07, 6.45) is 0.367. The van der Waals surface area contributed by atoms with E-state index in [1.807, 2.05) is 0 Å². The molecule has 0 saturated heterocycles. The van der Waals surface area contributed by atoms with E-state index in [-0.39, 0.29) is 23.5 Å². The van der Waals surface area contributed by atoms with Crippen LogP contribution in [0.1, 0.15) is 12.0 Å². The molecule has 1 atom stereocenters. The maximum atomic E-state index is 13.6. The van der Waals surface area contributed by atoms with Gasteiger partial charge in [-0.1, -0.05) is 0 Å². The van der Waals surface area contributed by atoms with Gasteiger partial charge in [0.15, 0.2) is 23.1 Å². The topological polar surface area (TPSA) is 102 Å². The molecule has 0 fully saturated rings. The molecule has 7 heteroatoms. The van der Waals surface area contributed by atoms with Crippen LogP contribution in [0.2, 0.25) is 0 Å². The molecule has 0 bridgehead atoms. The summed E-state index contributed by atoms with van der Waals surface area (Å²) in [6, 6.07) is -0.241. The van der Waals surface area contributed by atoms with Gasteiger partial charge >= 0.3 is 5.97 Å². The van der Waals surface area contributed by atoms with Crippen molar-refractivity contribution >= 4 is 5.97 Å². The highest BCUT2D eigenvalue weighted by Gasteiger charge is 2.25. The van der Waals surface area contributed by atoms with Crippen LogP contribution in [-0.4, -0.2) is 35.4 Å². The first-order valence-corrected chi connectivity index (χ1v) is 5.79. The second-order valence-corrected chi connectivity index (χ2v) is 4.21. The van der Waals surface area contributed by atoms with Gasteiger partial charge in [0.25, 0.3) is 0 Å². The van der Waals surface area contributed by atoms with Crippen molar-refractivity contribution in [2.24, 2.45) is 5.73 Å². The summed E-state index contributed by atoms with van der Waals surface area (Å²) in [5.41, 5.74) is 5.43. The molecule has 1 aliphatic heterocycles. The van der Waals surface area contributed by atoms with E-state index < -0.39 is 23.6 Å². The van der Waals surface area contributed by atoms with Gasteiger partial charge < -0.3 is 25.4 Å². The Morgan fingerprint density at radius 3 is 2.84 bits per heavy atom. The number of aliphatic carboxylic acids is 1. The van der Waals surface area contributed by atoms with Crippen molar-refractivity contribution < 1.29 is 28.9 Å². The van der Waals surface area contributed by atoms with Crippen LogP contribution < -0.4 is 15.2 Å². The molecule has 1 aliphatic rings. The highest BCUT2D eigenvalue weighted by Crippen LogP contribution is 2.41. The molecule has 1 aromatic carbocycles. The minimum absolute atomic E-state index is 0.0202. The number of rotatable bonds is 3. The Morgan fingerprint density at radius 2 is 2.16 bits per heavy atom. The van der Waals surface area contributed by atoms with Crippen LogP contribution >= 0.6 is 0 Å². The van der Waals surface area contributed by atoms with Gasteiger partial charge in [0.1, 0.15) is 6.04 Å². The Hall–Kier alpha value is -2.02. The highest BCUT2D eigenvalue weighted by atomic mass is 19.1. The third-order valence-electron chi connectivity index (χ3n) is 2.80. The molecule has 104 valence electrons. The van der Waals surface area contributed by atoms with Gasteiger partial charge in [0.2, 0.25) is 0 Å². The van der Waals surface area contributed by atoms with Crippen molar-refractivity contribution in [3.05, 3.63) is 17.4 Å². The van der Waals surface area contributed by atoms with Gasteiger partial charge in [0.05, 0.1) is 13.2 Å². The standard InChI is InChI=1S/C12H14FNO5/c13-7-5-9-11(19-3-1-2-18-9)6(10(7)15)4-8(14)12(16)17/h5,8,15H,1-4,14H2,(H,16,17). The van der Waals surface area contributed by atoms with Gasteiger partial charge in [-0.15, -0.1) is 0 Å². The van der Waals surface area contributed by atoms with Crippen LogP contribution in [0, 0.1) is 5.82 Å². The summed E-state index contributed by atoms with van der Waals surface area (Å²) >= 11 is 0. The number of carbonyl (C=O) groups is 1. The Labute approximate surface area is 108 Å². The number of carboxylic acid groups (broad SMARTS) is 1. The molecular weight excluding hydrogens is 257 g/mol. The summed E-state index contributed by atoms with van der Waals surface area (Å²) in [7, 11) is 0. The molecule has 0 aliphatic carbocycles. The van der Waals surface area contributed by atoms with E-state index in [9.17, 15) is 14.3 Å². The smallest absolute Gasteiger partial charge is 0.320 e. The van der Waals surface area contributed by atoms with E-state index in [4.69, 9.17) is 20.3 Å². The molecule has 2 rings (SSSR count). The minimum Gasteiger partial charge on any atom is -0.505 e. The fourth-order valence-corrected chi connectivity index (χ4v) is 1.83. The minimum atomic E-state index is -1.26. The zero-order chi connectivity index (χ0) is 14.0. The number of fused-ring (bicyclic) bond motifs is 1. The molecule has 0 radical (unpaired) electrons. The number of ether oxygens (including phenoxy) is 2. The Morgan fingerprint density at radius 1 is 1.47 bits per heavy atom. The van der Waals surface area contributed by atoms with E-state index in [1.54, 1.807) is 0 Å². The van der Waals surface area contributed by atoms with E-state index in [0.717, 1.165) is 6.07 Å². The molecule has 6 nitrogen and oxygen atoms in total. The fraction of sp³-hybridized carbons (Fsp3) is 0.417. The van der Waals surface area contributed by atoms with Crippen LogP contribution in [0.25, 0.3) is 0 Å². The average molecular weight is 271 g/mol. The predicted octanol–water partition coefficient (Wildman–Crippen LogP) is 0.647. The number of halogens is 1. The van der Waals surface area contributed by atoms with Gasteiger partial charge in [-0.3, -0.25) is 4.79 Å². The van der Waals surface area contributed by atoms with E-state index in [2.05, 4.69) is 0 Å². The first-order chi connectivity index (χ1) is 9.00. The molecule has 0 aromatic heterocycles. The number of phenols is 1. The van der Waals surface area contributed by atoms with Crippen molar-refractivity contribution in [2.45, 2.75) is 18.9 Å². The normalized spacial score (nSPS) is 15.7. The first-order valence-electron chi connectivity index (χ1n) is 5.79. The average Bonchev–Trinajstić information content (AvgIpc) is 2.59. The number of benzene rings is 1. The van der Waals surface area contributed by atoms with E-state index in [0.29, 0.717) is 19.6 Å². The van der Waals surface area contributed by atoms with Crippen LogP contribution in [-0.2, 0) is 11.2 Å². The maximum absolute atomic E-state index is 13.6. The Balaban J connectivity index is 2.45. The molecule has 19 heavy (non-hydrogen) atoms. The van der Waals surface area contributed by atoms with Crippen molar-refractivity contribution in [2.75, 3.05) is 13.2 Å². The quantitative estimate of drug-likeness (QED) is 0.746. The lowest BCUT2D eigenvalue weighted by molar-refractivity contribution is -0.138. The van der Waals surface area contributed by atoms with E-state index >= 15 is 0 Å². The zero-order valence-electron chi connectivity index (χ0n) is 10.1. The summed E-state index contributed by atoms with van der Waals surface area (Å²) in [4.78, 5) is 10.8. The largest absolute Gasteiger partial charge is 0.505 e. The fourth-order valence-electron chi connectivity index (χ4n) is 1.83. The van der Waals surface area contributed by atoms with Gasteiger partial charge in [-0.2, -0.15) is 0 Å². The van der Waals surface area contributed by atoms with Crippen LogP contribution in [0.3, 0.4) is 0 Å². The zero-order valence-corrected chi connectivity index (χ0v) is 10.1. The van der Waals surface area contributed by atoms with Gasteiger partial charge in [-0.05, 0) is 0 Å². The van der Waals surface area contributed by atoms with Crippen molar-refractivity contribution in [1.82, 2.24) is 0 Å². The van der Waals surface area contributed by atoms with Crippen molar-refractivity contribution in [3.8, 4) is 17.2 Å².